The molecule has 0 N–H and O–H groups in total. The second-order valence-corrected chi connectivity index (χ2v) is 9.07. The summed E-state index contributed by atoms with van der Waals surface area (Å²) in [7, 11) is 7.03. The molecule has 0 amide bonds. The highest BCUT2D eigenvalue weighted by Crippen LogP contribution is 2.24. The van der Waals surface area contributed by atoms with E-state index in [-0.39, 0.29) is 17.8 Å². The maximum absolute atomic E-state index is 6.32. The van der Waals surface area contributed by atoms with Gasteiger partial charge in [0.05, 0.1) is 50.8 Å². The summed E-state index contributed by atoms with van der Waals surface area (Å²) in [5.74, 6) is 0. The summed E-state index contributed by atoms with van der Waals surface area (Å²) in [6, 6.07) is 0.740. The average Bonchev–Trinajstić information content (AvgIpc) is 3.31. The van der Waals surface area contributed by atoms with E-state index in [1.165, 1.54) is 0 Å². The van der Waals surface area contributed by atoms with E-state index in [0.29, 0.717) is 25.3 Å². The summed E-state index contributed by atoms with van der Waals surface area (Å²) in [5, 5.41) is 0. The molecule has 4 atom stereocenters. The van der Waals surface area contributed by atoms with Gasteiger partial charge in [-0.05, 0) is 26.7 Å². The second-order valence-electron chi connectivity index (χ2n) is 9.07. The molecule has 0 aromatic rings. The Morgan fingerprint density at radius 2 is 1.33 bits per heavy atom. The van der Waals surface area contributed by atoms with Crippen LogP contribution in [-0.4, -0.2) is 127 Å². The lowest BCUT2D eigenvalue weighted by Gasteiger charge is -2.31. The van der Waals surface area contributed by atoms with Crippen LogP contribution in [0, 0.1) is 0 Å². The van der Waals surface area contributed by atoms with Crippen LogP contribution in [0.5, 0.6) is 0 Å². The number of ether oxygens (including phenoxy) is 6. The monoisotopic (exact) mass is 432 g/mol. The maximum Gasteiger partial charge on any atom is 0.0859 e. The summed E-state index contributed by atoms with van der Waals surface area (Å²) < 4.78 is 34.1. The Balaban J connectivity index is 1.77. The molecule has 30 heavy (non-hydrogen) atoms. The quantitative estimate of drug-likeness (QED) is 0.383. The van der Waals surface area contributed by atoms with Crippen molar-refractivity contribution in [3.8, 4) is 0 Å². The molecule has 2 saturated heterocycles. The Bertz CT molecular complexity index is 467. The Kier molecular flexibility index (Phi) is 11.5. The zero-order chi connectivity index (χ0) is 22.0. The molecule has 8 nitrogen and oxygen atoms in total. The Morgan fingerprint density at radius 3 is 1.90 bits per heavy atom. The minimum absolute atomic E-state index is 0.201. The third-order valence-electron chi connectivity index (χ3n) is 6.17. The summed E-state index contributed by atoms with van der Waals surface area (Å²) in [6.45, 7) is 11.3. The van der Waals surface area contributed by atoms with Gasteiger partial charge in [0.2, 0.25) is 0 Å². The highest BCUT2D eigenvalue weighted by Gasteiger charge is 2.35. The summed E-state index contributed by atoms with van der Waals surface area (Å²) >= 11 is 0. The predicted octanol–water partition coefficient (Wildman–Crippen LogP) is 1.27. The zero-order valence-corrected chi connectivity index (χ0v) is 19.9. The fraction of sp³-hybridized carbons (Fsp3) is 1.00. The molecule has 2 unspecified atom stereocenters. The average molecular weight is 433 g/mol. The number of rotatable bonds is 15. The van der Waals surface area contributed by atoms with Crippen molar-refractivity contribution in [2.24, 2.45) is 0 Å². The van der Waals surface area contributed by atoms with Crippen molar-refractivity contribution in [1.29, 1.82) is 0 Å². The van der Waals surface area contributed by atoms with Gasteiger partial charge in [0.25, 0.3) is 0 Å². The fourth-order valence-corrected chi connectivity index (χ4v) is 4.35. The van der Waals surface area contributed by atoms with E-state index >= 15 is 0 Å². The lowest BCUT2D eigenvalue weighted by molar-refractivity contribution is -0.103. The number of hydrogen-bond acceptors (Lipinski definition) is 8. The molecule has 0 spiro atoms. The van der Waals surface area contributed by atoms with Crippen LogP contribution in [0.2, 0.25) is 0 Å². The molecule has 0 aromatic carbocycles. The Labute approximate surface area is 183 Å². The molecule has 2 heterocycles. The first-order valence-electron chi connectivity index (χ1n) is 11.2. The van der Waals surface area contributed by atoms with Gasteiger partial charge in [-0.2, -0.15) is 0 Å². The summed E-state index contributed by atoms with van der Waals surface area (Å²) in [5.41, 5.74) is -0.339. The molecule has 0 aliphatic carbocycles. The van der Waals surface area contributed by atoms with Crippen molar-refractivity contribution in [1.82, 2.24) is 9.80 Å². The van der Waals surface area contributed by atoms with Gasteiger partial charge in [-0.1, -0.05) is 0 Å². The van der Waals surface area contributed by atoms with E-state index in [1.54, 1.807) is 28.4 Å². The minimum atomic E-state index is -0.339. The van der Waals surface area contributed by atoms with Gasteiger partial charge < -0.3 is 28.4 Å². The standard InChI is InChI=1S/C22H44N2O6/c1-22(2,30-16-19-11-20(28-6)13-23(19)7-9-25-3)17-29-21-12-18(15-27-5)24(14-21)8-10-26-4/h18-21H,7-17H2,1-6H3/t18?,19-,20+,21?/m0/s1. The third kappa shape index (κ3) is 8.31. The predicted molar refractivity (Wildman–Crippen MR) is 116 cm³/mol. The number of likely N-dealkylation sites (tertiary alicyclic amines) is 2. The Hall–Kier alpha value is -0.320. The number of hydrogen-bond donors (Lipinski definition) is 0. The molecule has 2 rings (SSSR count). The van der Waals surface area contributed by atoms with Crippen LogP contribution < -0.4 is 0 Å². The van der Waals surface area contributed by atoms with Crippen LogP contribution in [-0.2, 0) is 28.4 Å². The molecule has 0 radical (unpaired) electrons. The normalized spacial score (nSPS) is 28.6. The van der Waals surface area contributed by atoms with Crippen molar-refractivity contribution in [3.63, 3.8) is 0 Å². The van der Waals surface area contributed by atoms with Crippen molar-refractivity contribution >= 4 is 0 Å². The van der Waals surface area contributed by atoms with E-state index < -0.39 is 0 Å². The van der Waals surface area contributed by atoms with E-state index in [0.717, 1.165) is 58.8 Å². The van der Waals surface area contributed by atoms with Crippen molar-refractivity contribution in [3.05, 3.63) is 0 Å². The topological polar surface area (TPSA) is 61.9 Å². The molecule has 8 heteroatoms. The molecular formula is C22H44N2O6. The van der Waals surface area contributed by atoms with Gasteiger partial charge >= 0.3 is 0 Å². The Morgan fingerprint density at radius 1 is 0.767 bits per heavy atom. The molecule has 0 bridgehead atoms. The van der Waals surface area contributed by atoms with Crippen molar-refractivity contribution < 1.29 is 28.4 Å². The first-order valence-corrected chi connectivity index (χ1v) is 11.2. The third-order valence-corrected chi connectivity index (χ3v) is 6.17. The van der Waals surface area contributed by atoms with Gasteiger partial charge in [0, 0.05) is 66.7 Å². The van der Waals surface area contributed by atoms with Gasteiger partial charge in [-0.3, -0.25) is 9.80 Å². The van der Waals surface area contributed by atoms with Gasteiger partial charge in [-0.15, -0.1) is 0 Å². The lowest BCUT2D eigenvalue weighted by Crippen LogP contribution is -2.41. The van der Waals surface area contributed by atoms with Crippen LogP contribution >= 0.6 is 0 Å². The van der Waals surface area contributed by atoms with Gasteiger partial charge in [0.15, 0.2) is 0 Å². The molecule has 178 valence electrons. The van der Waals surface area contributed by atoms with Gasteiger partial charge in [0.1, 0.15) is 0 Å². The number of methoxy groups -OCH3 is 4. The van der Waals surface area contributed by atoms with Crippen LogP contribution in [0.1, 0.15) is 26.7 Å². The van der Waals surface area contributed by atoms with Crippen LogP contribution in [0.25, 0.3) is 0 Å². The first-order chi connectivity index (χ1) is 14.4. The minimum Gasteiger partial charge on any atom is -0.383 e. The van der Waals surface area contributed by atoms with E-state index in [4.69, 9.17) is 28.4 Å². The molecule has 0 aromatic heterocycles. The molecular weight excluding hydrogens is 388 g/mol. The van der Waals surface area contributed by atoms with Crippen LogP contribution in [0.15, 0.2) is 0 Å². The van der Waals surface area contributed by atoms with Gasteiger partial charge in [-0.25, -0.2) is 0 Å². The SMILES string of the molecule is COCCN1CC(OCC(C)(C)OC[C@@H]2C[C@@H](OC)CN2CCOC)CC1COC. The smallest absolute Gasteiger partial charge is 0.0859 e. The summed E-state index contributed by atoms with van der Waals surface area (Å²) in [4.78, 5) is 4.82. The fourth-order valence-electron chi connectivity index (χ4n) is 4.35. The van der Waals surface area contributed by atoms with E-state index in [2.05, 4.69) is 23.6 Å². The van der Waals surface area contributed by atoms with Crippen LogP contribution in [0.3, 0.4) is 0 Å². The van der Waals surface area contributed by atoms with Crippen molar-refractivity contribution in [2.75, 3.05) is 87.7 Å². The molecule has 2 aliphatic rings. The highest BCUT2D eigenvalue weighted by molar-refractivity contribution is 4.88. The van der Waals surface area contributed by atoms with E-state index in [9.17, 15) is 0 Å². The number of nitrogens with zero attached hydrogens (tertiary/aromatic N) is 2. The zero-order valence-electron chi connectivity index (χ0n) is 19.9. The highest BCUT2D eigenvalue weighted by atomic mass is 16.5. The largest absolute Gasteiger partial charge is 0.383 e. The lowest BCUT2D eigenvalue weighted by atomic mass is 10.1. The maximum atomic E-state index is 6.32. The second kappa shape index (κ2) is 13.3. The molecule has 0 saturated carbocycles. The molecule has 2 aliphatic heterocycles. The molecule has 2 fully saturated rings. The summed E-state index contributed by atoms with van der Waals surface area (Å²) in [6.07, 6.45) is 2.44. The first kappa shape index (κ1) is 25.9. The van der Waals surface area contributed by atoms with Crippen LogP contribution in [0.4, 0.5) is 0 Å². The van der Waals surface area contributed by atoms with Crippen molar-refractivity contribution in [2.45, 2.75) is 56.6 Å². The van der Waals surface area contributed by atoms with E-state index in [1.807, 2.05) is 0 Å².